The normalized spacial score (nSPS) is 19.1. The number of aromatic nitrogens is 2. The van der Waals surface area contributed by atoms with Gasteiger partial charge in [0, 0.05) is 32.4 Å². The lowest BCUT2D eigenvalue weighted by Crippen LogP contribution is -2.37. The molecular formula is C13H23N3O2. The van der Waals surface area contributed by atoms with E-state index in [1.807, 2.05) is 17.8 Å². The van der Waals surface area contributed by atoms with Gasteiger partial charge >= 0.3 is 0 Å². The lowest BCUT2D eigenvalue weighted by molar-refractivity contribution is 0.0297. The Balaban J connectivity index is 1.84. The fraction of sp³-hybridized carbons (Fsp3) is 0.769. The second-order valence-corrected chi connectivity index (χ2v) is 4.80. The predicted octanol–water partition coefficient (Wildman–Crippen LogP) is 0.738. The summed E-state index contributed by atoms with van der Waals surface area (Å²) in [6.45, 7) is 6.55. The van der Waals surface area contributed by atoms with E-state index < -0.39 is 6.10 Å². The Labute approximate surface area is 108 Å². The molecule has 0 unspecified atom stereocenters. The fourth-order valence-corrected chi connectivity index (χ4v) is 2.30. The molecule has 1 aliphatic heterocycles. The molecule has 2 heterocycles. The molecule has 0 aromatic carbocycles. The van der Waals surface area contributed by atoms with Crippen LogP contribution in [0.2, 0.25) is 0 Å². The Morgan fingerprint density at radius 1 is 1.44 bits per heavy atom. The van der Waals surface area contributed by atoms with Crippen molar-refractivity contribution in [1.29, 1.82) is 0 Å². The van der Waals surface area contributed by atoms with Gasteiger partial charge in [-0.3, -0.25) is 9.58 Å². The van der Waals surface area contributed by atoms with Crippen molar-refractivity contribution in [1.82, 2.24) is 14.7 Å². The molecule has 0 aliphatic carbocycles. The van der Waals surface area contributed by atoms with Crippen molar-refractivity contribution in [3.8, 4) is 0 Å². The van der Waals surface area contributed by atoms with Gasteiger partial charge in [-0.15, -0.1) is 0 Å². The van der Waals surface area contributed by atoms with Crippen LogP contribution in [0.3, 0.4) is 0 Å². The van der Waals surface area contributed by atoms with Crippen molar-refractivity contribution in [3.05, 3.63) is 17.5 Å². The third kappa shape index (κ3) is 3.31. The number of aliphatic hydroxyl groups is 1. The maximum absolute atomic E-state index is 10.2. The molecule has 0 saturated carbocycles. The van der Waals surface area contributed by atoms with Crippen LogP contribution in [0.5, 0.6) is 0 Å². The third-order valence-electron chi connectivity index (χ3n) is 3.52. The minimum atomic E-state index is -0.459. The summed E-state index contributed by atoms with van der Waals surface area (Å²) in [5, 5.41) is 14.5. The molecule has 1 saturated heterocycles. The molecule has 102 valence electrons. The van der Waals surface area contributed by atoms with Crippen molar-refractivity contribution in [2.45, 2.75) is 25.9 Å². The fourth-order valence-electron chi connectivity index (χ4n) is 2.30. The van der Waals surface area contributed by atoms with Crippen molar-refractivity contribution in [2.24, 2.45) is 7.05 Å². The molecule has 1 aliphatic rings. The Kier molecular flexibility index (Phi) is 4.74. The van der Waals surface area contributed by atoms with Gasteiger partial charge in [-0.1, -0.05) is 6.92 Å². The Hall–Kier alpha value is -0.910. The maximum Gasteiger partial charge on any atom is 0.0990 e. The Morgan fingerprint density at radius 3 is 2.78 bits per heavy atom. The third-order valence-corrected chi connectivity index (χ3v) is 3.52. The lowest BCUT2D eigenvalue weighted by atomic mass is 10.1. The zero-order chi connectivity index (χ0) is 13.0. The first-order valence-corrected chi connectivity index (χ1v) is 6.71. The van der Waals surface area contributed by atoms with Crippen LogP contribution in [0.25, 0.3) is 0 Å². The Bertz CT molecular complexity index is 372. The first-order chi connectivity index (χ1) is 8.70. The van der Waals surface area contributed by atoms with E-state index in [1.54, 1.807) is 0 Å². The van der Waals surface area contributed by atoms with Gasteiger partial charge in [0.05, 0.1) is 25.0 Å². The zero-order valence-corrected chi connectivity index (χ0v) is 11.3. The minimum absolute atomic E-state index is 0.459. The van der Waals surface area contributed by atoms with E-state index in [2.05, 4.69) is 16.9 Å². The lowest BCUT2D eigenvalue weighted by Gasteiger charge is -2.27. The highest BCUT2D eigenvalue weighted by Gasteiger charge is 2.16. The zero-order valence-electron chi connectivity index (χ0n) is 11.3. The van der Waals surface area contributed by atoms with Gasteiger partial charge < -0.3 is 9.84 Å². The molecular weight excluding hydrogens is 230 g/mol. The van der Waals surface area contributed by atoms with Crippen molar-refractivity contribution < 1.29 is 9.84 Å². The summed E-state index contributed by atoms with van der Waals surface area (Å²) < 4.78 is 7.16. The van der Waals surface area contributed by atoms with Crippen LogP contribution < -0.4 is 0 Å². The molecule has 1 N–H and O–H groups in total. The monoisotopic (exact) mass is 253 g/mol. The molecule has 0 amide bonds. The van der Waals surface area contributed by atoms with Gasteiger partial charge in [0.15, 0.2) is 0 Å². The molecule has 1 aromatic rings. The second kappa shape index (κ2) is 6.31. The average Bonchev–Trinajstić information content (AvgIpc) is 2.78. The first-order valence-electron chi connectivity index (χ1n) is 6.71. The van der Waals surface area contributed by atoms with Crippen LogP contribution in [0, 0.1) is 0 Å². The van der Waals surface area contributed by atoms with Crippen LogP contribution in [-0.4, -0.2) is 52.6 Å². The number of hydrogen-bond donors (Lipinski definition) is 1. The number of aliphatic hydroxyl groups excluding tert-OH is 1. The molecule has 1 fully saturated rings. The summed E-state index contributed by atoms with van der Waals surface area (Å²) in [6.07, 6.45) is 1.22. The maximum atomic E-state index is 10.2. The molecule has 1 aromatic heterocycles. The number of ether oxygens (including phenoxy) is 1. The largest absolute Gasteiger partial charge is 0.387 e. The van der Waals surface area contributed by atoms with Gasteiger partial charge in [0.2, 0.25) is 0 Å². The number of nitrogens with zero attached hydrogens (tertiary/aromatic N) is 3. The van der Waals surface area contributed by atoms with Gasteiger partial charge in [-0.25, -0.2) is 0 Å². The highest BCUT2D eigenvalue weighted by atomic mass is 16.5. The smallest absolute Gasteiger partial charge is 0.0990 e. The molecule has 2 rings (SSSR count). The van der Waals surface area contributed by atoms with Crippen LogP contribution in [0.1, 0.15) is 30.8 Å². The van der Waals surface area contributed by atoms with Gasteiger partial charge in [-0.05, 0) is 18.9 Å². The van der Waals surface area contributed by atoms with Crippen LogP contribution in [0.4, 0.5) is 0 Å². The van der Waals surface area contributed by atoms with Crippen LogP contribution in [0.15, 0.2) is 6.07 Å². The highest BCUT2D eigenvalue weighted by molar-refractivity contribution is 5.12. The number of hydrogen-bond acceptors (Lipinski definition) is 4. The van der Waals surface area contributed by atoms with Gasteiger partial charge in [0.25, 0.3) is 0 Å². The van der Waals surface area contributed by atoms with Crippen LogP contribution in [-0.2, 0) is 18.2 Å². The standard InChI is InChI=1S/C13H23N3O2/c1-3-11-10-12(14-15(11)2)13(17)4-5-16-6-8-18-9-7-16/h10,13,17H,3-9H2,1-2H3/t13-/m1/s1. The summed E-state index contributed by atoms with van der Waals surface area (Å²) >= 11 is 0. The molecule has 0 spiro atoms. The van der Waals surface area contributed by atoms with Crippen LogP contribution >= 0.6 is 0 Å². The van der Waals surface area contributed by atoms with E-state index in [0.717, 1.165) is 57.1 Å². The van der Waals surface area contributed by atoms with Crippen molar-refractivity contribution >= 4 is 0 Å². The van der Waals surface area contributed by atoms with E-state index in [4.69, 9.17) is 4.74 Å². The first kappa shape index (κ1) is 13.5. The molecule has 5 heteroatoms. The van der Waals surface area contributed by atoms with E-state index in [0.29, 0.717) is 0 Å². The summed E-state index contributed by atoms with van der Waals surface area (Å²) in [7, 11) is 1.93. The summed E-state index contributed by atoms with van der Waals surface area (Å²) in [4.78, 5) is 2.33. The number of rotatable bonds is 5. The molecule has 0 bridgehead atoms. The number of aryl methyl sites for hydroxylation is 2. The van der Waals surface area contributed by atoms with Crippen molar-refractivity contribution in [3.63, 3.8) is 0 Å². The van der Waals surface area contributed by atoms with E-state index in [1.165, 1.54) is 0 Å². The SMILES string of the molecule is CCc1cc([C@H](O)CCN2CCOCC2)nn1C. The second-order valence-electron chi connectivity index (χ2n) is 4.80. The minimum Gasteiger partial charge on any atom is -0.387 e. The molecule has 18 heavy (non-hydrogen) atoms. The van der Waals surface area contributed by atoms with Gasteiger partial charge in [-0.2, -0.15) is 5.10 Å². The Morgan fingerprint density at radius 2 is 2.17 bits per heavy atom. The number of morpholine rings is 1. The van der Waals surface area contributed by atoms with Crippen molar-refractivity contribution in [2.75, 3.05) is 32.8 Å². The molecule has 1 atom stereocenters. The molecule has 0 radical (unpaired) electrons. The average molecular weight is 253 g/mol. The topological polar surface area (TPSA) is 50.5 Å². The van der Waals surface area contributed by atoms with E-state index in [9.17, 15) is 5.11 Å². The quantitative estimate of drug-likeness (QED) is 0.841. The molecule has 5 nitrogen and oxygen atoms in total. The van der Waals surface area contributed by atoms with Gasteiger partial charge in [0.1, 0.15) is 0 Å². The van der Waals surface area contributed by atoms with E-state index >= 15 is 0 Å². The summed E-state index contributed by atoms with van der Waals surface area (Å²) in [5.74, 6) is 0. The van der Waals surface area contributed by atoms with E-state index in [-0.39, 0.29) is 0 Å². The summed E-state index contributed by atoms with van der Waals surface area (Å²) in [6, 6.07) is 2.00. The predicted molar refractivity (Wildman–Crippen MR) is 69.4 cm³/mol. The highest BCUT2D eigenvalue weighted by Crippen LogP contribution is 2.17. The summed E-state index contributed by atoms with van der Waals surface area (Å²) in [5.41, 5.74) is 1.96.